The molecule has 0 aromatic heterocycles. The van der Waals surface area contributed by atoms with E-state index in [1.165, 1.54) is 12.8 Å². The number of amidine groups is 1. The molecule has 1 aliphatic carbocycles. The van der Waals surface area contributed by atoms with Crippen molar-refractivity contribution in [2.45, 2.75) is 32.2 Å². The van der Waals surface area contributed by atoms with E-state index in [1.54, 1.807) is 14.2 Å². The summed E-state index contributed by atoms with van der Waals surface area (Å²) in [6, 6.07) is 0.370. The first-order valence-corrected chi connectivity index (χ1v) is 6.58. The zero-order valence-electron chi connectivity index (χ0n) is 11.9. The average molecular weight is 257 g/mol. The summed E-state index contributed by atoms with van der Waals surface area (Å²) in [6.45, 7) is 5.51. The van der Waals surface area contributed by atoms with Crippen LogP contribution in [0.3, 0.4) is 0 Å². The topological polar surface area (TPSA) is 71.6 Å². The summed E-state index contributed by atoms with van der Waals surface area (Å²) in [6.07, 6.45) is 3.07. The van der Waals surface area contributed by atoms with Crippen molar-refractivity contribution in [1.82, 2.24) is 4.90 Å². The van der Waals surface area contributed by atoms with Crippen LogP contribution in [-0.4, -0.2) is 57.3 Å². The Kier molecular flexibility index (Phi) is 6.05. The SMILES string of the molecule is COCCN(CC1(CC(=N)N)CC1)C(C)COC. The van der Waals surface area contributed by atoms with Gasteiger partial charge in [0.25, 0.3) is 0 Å². The lowest BCUT2D eigenvalue weighted by Gasteiger charge is -2.32. The largest absolute Gasteiger partial charge is 0.388 e. The second-order valence-electron chi connectivity index (χ2n) is 5.47. The Morgan fingerprint density at radius 2 is 2.06 bits per heavy atom. The molecule has 0 amide bonds. The molecular formula is C13H27N3O2. The third-order valence-corrected chi connectivity index (χ3v) is 3.67. The molecular weight excluding hydrogens is 230 g/mol. The summed E-state index contributed by atoms with van der Waals surface area (Å²) in [5, 5.41) is 7.47. The van der Waals surface area contributed by atoms with E-state index in [2.05, 4.69) is 11.8 Å². The lowest BCUT2D eigenvalue weighted by Crippen LogP contribution is -2.42. The fourth-order valence-corrected chi connectivity index (χ4v) is 2.41. The normalized spacial score (nSPS) is 18.9. The van der Waals surface area contributed by atoms with E-state index in [1.807, 2.05) is 0 Å². The summed E-state index contributed by atoms with van der Waals surface area (Å²) >= 11 is 0. The highest BCUT2D eigenvalue weighted by atomic mass is 16.5. The van der Waals surface area contributed by atoms with Crippen LogP contribution in [0.1, 0.15) is 26.2 Å². The summed E-state index contributed by atoms with van der Waals surface area (Å²) in [4.78, 5) is 2.39. The molecule has 0 saturated heterocycles. The highest BCUT2D eigenvalue weighted by molar-refractivity contribution is 5.78. The average Bonchev–Trinajstić information content (AvgIpc) is 3.03. The highest BCUT2D eigenvalue weighted by Crippen LogP contribution is 2.49. The molecule has 1 saturated carbocycles. The number of nitrogens with one attached hydrogen (secondary N) is 1. The molecule has 1 aliphatic rings. The molecule has 1 fully saturated rings. The van der Waals surface area contributed by atoms with E-state index < -0.39 is 0 Å². The quantitative estimate of drug-likeness (QED) is 0.454. The van der Waals surface area contributed by atoms with E-state index in [0.717, 1.165) is 32.7 Å². The molecule has 3 N–H and O–H groups in total. The number of methoxy groups -OCH3 is 2. The zero-order chi connectivity index (χ0) is 13.6. The Hall–Kier alpha value is -0.650. The maximum Gasteiger partial charge on any atom is 0.0911 e. The fourth-order valence-electron chi connectivity index (χ4n) is 2.41. The van der Waals surface area contributed by atoms with Gasteiger partial charge in [0.2, 0.25) is 0 Å². The number of nitrogens with two attached hydrogens (primary N) is 1. The Labute approximate surface area is 110 Å². The number of nitrogens with zero attached hydrogens (tertiary/aromatic N) is 1. The van der Waals surface area contributed by atoms with Crippen molar-refractivity contribution in [3.8, 4) is 0 Å². The molecule has 1 rings (SSSR count). The summed E-state index contributed by atoms with van der Waals surface area (Å²) in [7, 11) is 3.45. The molecule has 1 unspecified atom stereocenters. The molecule has 0 radical (unpaired) electrons. The molecule has 106 valence electrons. The number of ether oxygens (including phenoxy) is 2. The van der Waals surface area contributed by atoms with E-state index in [-0.39, 0.29) is 5.41 Å². The standard InChI is InChI=1S/C13H27N3O2/c1-11(9-18-3)16(6-7-17-2)10-13(4-5-13)8-12(14)15/h11H,4-10H2,1-3H3,(H3,14,15). The van der Waals surface area contributed by atoms with Crippen LogP contribution in [0, 0.1) is 10.8 Å². The van der Waals surface area contributed by atoms with Crippen LogP contribution in [0.25, 0.3) is 0 Å². The van der Waals surface area contributed by atoms with Gasteiger partial charge in [0.1, 0.15) is 0 Å². The van der Waals surface area contributed by atoms with Gasteiger partial charge in [-0.3, -0.25) is 10.3 Å². The Bertz CT molecular complexity index is 267. The first-order chi connectivity index (χ1) is 8.53. The second kappa shape index (κ2) is 7.07. The predicted octanol–water partition coefficient (Wildman–Crippen LogP) is 1.08. The van der Waals surface area contributed by atoms with Gasteiger partial charge in [-0.25, -0.2) is 0 Å². The van der Waals surface area contributed by atoms with Crippen LogP contribution < -0.4 is 5.73 Å². The zero-order valence-corrected chi connectivity index (χ0v) is 11.9. The van der Waals surface area contributed by atoms with Gasteiger partial charge in [0.05, 0.1) is 19.0 Å². The van der Waals surface area contributed by atoms with E-state index in [0.29, 0.717) is 11.9 Å². The van der Waals surface area contributed by atoms with E-state index >= 15 is 0 Å². The fraction of sp³-hybridized carbons (Fsp3) is 0.923. The first-order valence-electron chi connectivity index (χ1n) is 6.58. The van der Waals surface area contributed by atoms with Crippen molar-refractivity contribution in [2.24, 2.45) is 11.1 Å². The number of hydrogen-bond acceptors (Lipinski definition) is 4. The van der Waals surface area contributed by atoms with Gasteiger partial charge >= 0.3 is 0 Å². The first kappa shape index (κ1) is 15.4. The minimum atomic E-state index is 0.238. The van der Waals surface area contributed by atoms with Gasteiger partial charge in [0.15, 0.2) is 0 Å². The molecule has 1 atom stereocenters. The Morgan fingerprint density at radius 3 is 2.50 bits per heavy atom. The van der Waals surface area contributed by atoms with Crippen molar-refractivity contribution < 1.29 is 9.47 Å². The lowest BCUT2D eigenvalue weighted by molar-refractivity contribution is 0.0624. The molecule has 0 aliphatic heterocycles. The van der Waals surface area contributed by atoms with Crippen LogP contribution in [0.15, 0.2) is 0 Å². The lowest BCUT2D eigenvalue weighted by atomic mass is 10.0. The van der Waals surface area contributed by atoms with Crippen LogP contribution in [0.2, 0.25) is 0 Å². The van der Waals surface area contributed by atoms with Crippen molar-refractivity contribution in [3.05, 3.63) is 0 Å². The second-order valence-corrected chi connectivity index (χ2v) is 5.47. The predicted molar refractivity (Wildman–Crippen MR) is 73.0 cm³/mol. The Balaban J connectivity index is 2.51. The van der Waals surface area contributed by atoms with Crippen LogP contribution in [-0.2, 0) is 9.47 Å². The maximum atomic E-state index is 7.47. The van der Waals surface area contributed by atoms with Crippen molar-refractivity contribution in [3.63, 3.8) is 0 Å². The minimum Gasteiger partial charge on any atom is -0.388 e. The summed E-state index contributed by atoms with van der Waals surface area (Å²) < 4.78 is 10.4. The molecule has 5 heteroatoms. The van der Waals surface area contributed by atoms with Crippen LogP contribution in [0.5, 0.6) is 0 Å². The number of rotatable bonds is 10. The molecule has 0 spiro atoms. The maximum absolute atomic E-state index is 7.47. The van der Waals surface area contributed by atoms with Crippen molar-refractivity contribution in [1.29, 1.82) is 5.41 Å². The summed E-state index contributed by atoms with van der Waals surface area (Å²) in [5.41, 5.74) is 5.78. The monoisotopic (exact) mass is 257 g/mol. The van der Waals surface area contributed by atoms with Crippen molar-refractivity contribution >= 4 is 5.84 Å². The third-order valence-electron chi connectivity index (χ3n) is 3.67. The van der Waals surface area contributed by atoms with Gasteiger partial charge in [-0.05, 0) is 25.2 Å². The smallest absolute Gasteiger partial charge is 0.0911 e. The summed E-state index contributed by atoms with van der Waals surface area (Å²) in [5.74, 6) is 0.304. The van der Waals surface area contributed by atoms with Gasteiger partial charge in [-0.1, -0.05) is 0 Å². The minimum absolute atomic E-state index is 0.238. The van der Waals surface area contributed by atoms with Gasteiger partial charge in [-0.15, -0.1) is 0 Å². The third kappa shape index (κ3) is 4.92. The van der Waals surface area contributed by atoms with E-state index in [4.69, 9.17) is 20.6 Å². The molecule has 5 nitrogen and oxygen atoms in total. The van der Waals surface area contributed by atoms with Crippen molar-refractivity contribution in [2.75, 3.05) is 40.5 Å². The van der Waals surface area contributed by atoms with Gasteiger partial charge in [0, 0.05) is 39.8 Å². The highest BCUT2D eigenvalue weighted by Gasteiger charge is 2.44. The number of hydrogen-bond donors (Lipinski definition) is 2. The van der Waals surface area contributed by atoms with Crippen LogP contribution >= 0.6 is 0 Å². The molecule has 0 aromatic carbocycles. The molecule has 0 aromatic rings. The van der Waals surface area contributed by atoms with Gasteiger partial charge in [-0.2, -0.15) is 0 Å². The molecule has 18 heavy (non-hydrogen) atoms. The van der Waals surface area contributed by atoms with Crippen LogP contribution in [0.4, 0.5) is 0 Å². The Morgan fingerprint density at radius 1 is 1.39 bits per heavy atom. The molecule has 0 bridgehead atoms. The molecule has 0 heterocycles. The van der Waals surface area contributed by atoms with E-state index in [9.17, 15) is 0 Å². The van der Waals surface area contributed by atoms with Gasteiger partial charge < -0.3 is 15.2 Å².